The summed E-state index contributed by atoms with van der Waals surface area (Å²) in [5.74, 6) is 1.98. The number of rotatable bonds is 7. The molecule has 0 spiro atoms. The van der Waals surface area contributed by atoms with Crippen LogP contribution >= 0.6 is 0 Å². The van der Waals surface area contributed by atoms with Crippen molar-refractivity contribution in [3.8, 4) is 23.0 Å². The number of carbonyl (C=O) groups excluding carboxylic acids is 1. The number of hydrogen-bond donors (Lipinski definition) is 2. The molecule has 1 amide bonds. The molecule has 2 aromatic carbocycles. The minimum Gasteiger partial charge on any atom is -0.496 e. The molecule has 25 heavy (non-hydrogen) atoms. The summed E-state index contributed by atoms with van der Waals surface area (Å²) in [5.41, 5.74) is 0.411. The van der Waals surface area contributed by atoms with Crippen LogP contribution < -0.4 is 24.3 Å². The van der Waals surface area contributed by atoms with E-state index in [0.717, 1.165) is 0 Å². The van der Waals surface area contributed by atoms with Gasteiger partial charge in [0, 0.05) is 12.6 Å². The normalized spacial score (nSPS) is 13.2. The second kappa shape index (κ2) is 7.76. The monoisotopic (exact) mass is 345 g/mol. The van der Waals surface area contributed by atoms with E-state index >= 15 is 0 Å². The number of fused-ring (bicyclic) bond motifs is 1. The molecule has 0 aliphatic carbocycles. The number of benzene rings is 2. The smallest absolute Gasteiger partial charge is 0.255 e. The van der Waals surface area contributed by atoms with Crippen molar-refractivity contribution in [3.05, 3.63) is 48.0 Å². The summed E-state index contributed by atoms with van der Waals surface area (Å²) in [5, 5.41) is 12.7. The number of carbonyl (C=O) groups is 1. The second-order valence-corrected chi connectivity index (χ2v) is 5.39. The first kappa shape index (κ1) is 16.9. The Morgan fingerprint density at radius 1 is 1.24 bits per heavy atom. The van der Waals surface area contributed by atoms with Crippen molar-refractivity contribution in [1.29, 1.82) is 0 Å². The molecule has 7 heteroatoms. The van der Waals surface area contributed by atoms with E-state index in [4.69, 9.17) is 18.9 Å². The standard InChI is InChI=1S/C18H19NO6/c1-22-15-5-3-2-4-14(15)18(21)19-9-12(20)10-23-13-6-7-16-17(8-13)25-11-24-16/h2-8,12,20H,9-11H2,1H3,(H,19,21)/t12-/m0/s1. The first-order valence-electron chi connectivity index (χ1n) is 7.79. The van der Waals surface area contributed by atoms with Crippen LogP contribution in [-0.4, -0.2) is 44.2 Å². The highest BCUT2D eigenvalue weighted by atomic mass is 16.7. The lowest BCUT2D eigenvalue weighted by Crippen LogP contribution is -2.35. The Balaban J connectivity index is 1.48. The zero-order chi connectivity index (χ0) is 17.6. The maximum absolute atomic E-state index is 12.2. The lowest BCUT2D eigenvalue weighted by Gasteiger charge is -2.14. The van der Waals surface area contributed by atoms with E-state index in [1.54, 1.807) is 42.5 Å². The number of hydrogen-bond acceptors (Lipinski definition) is 6. The van der Waals surface area contributed by atoms with E-state index in [1.165, 1.54) is 7.11 Å². The summed E-state index contributed by atoms with van der Waals surface area (Å²) < 4.78 is 21.1. The molecule has 0 radical (unpaired) electrons. The Hall–Kier alpha value is -2.93. The lowest BCUT2D eigenvalue weighted by molar-refractivity contribution is 0.0841. The molecule has 0 saturated heterocycles. The van der Waals surface area contributed by atoms with Crippen molar-refractivity contribution < 1.29 is 28.8 Å². The molecule has 0 saturated carbocycles. The number of ether oxygens (including phenoxy) is 4. The van der Waals surface area contributed by atoms with Gasteiger partial charge in [0.15, 0.2) is 11.5 Å². The molecule has 1 aliphatic rings. The molecule has 132 valence electrons. The quantitative estimate of drug-likeness (QED) is 0.793. The van der Waals surface area contributed by atoms with Gasteiger partial charge in [-0.05, 0) is 24.3 Å². The Morgan fingerprint density at radius 2 is 2.04 bits per heavy atom. The van der Waals surface area contributed by atoms with Crippen molar-refractivity contribution in [2.45, 2.75) is 6.10 Å². The van der Waals surface area contributed by atoms with Crippen molar-refractivity contribution in [2.75, 3.05) is 27.1 Å². The third kappa shape index (κ3) is 4.13. The van der Waals surface area contributed by atoms with Gasteiger partial charge in [0.25, 0.3) is 5.91 Å². The predicted molar refractivity (Wildman–Crippen MR) is 89.4 cm³/mol. The number of methoxy groups -OCH3 is 1. The third-order valence-corrected chi connectivity index (χ3v) is 3.64. The van der Waals surface area contributed by atoms with Gasteiger partial charge in [-0.15, -0.1) is 0 Å². The molecule has 0 fully saturated rings. The van der Waals surface area contributed by atoms with Crippen molar-refractivity contribution in [2.24, 2.45) is 0 Å². The molecular weight excluding hydrogens is 326 g/mol. The summed E-state index contributed by atoms with van der Waals surface area (Å²) in [6, 6.07) is 12.1. The van der Waals surface area contributed by atoms with Gasteiger partial charge in [0.2, 0.25) is 6.79 Å². The van der Waals surface area contributed by atoms with Crippen LogP contribution in [0.15, 0.2) is 42.5 Å². The van der Waals surface area contributed by atoms with Crippen molar-refractivity contribution >= 4 is 5.91 Å². The fraction of sp³-hybridized carbons (Fsp3) is 0.278. The Bertz CT molecular complexity index is 748. The Morgan fingerprint density at radius 3 is 2.88 bits per heavy atom. The summed E-state index contributed by atoms with van der Waals surface area (Å²) in [6.07, 6.45) is -0.857. The van der Waals surface area contributed by atoms with Crippen LogP contribution in [0.25, 0.3) is 0 Å². The van der Waals surface area contributed by atoms with Gasteiger partial charge >= 0.3 is 0 Å². The van der Waals surface area contributed by atoms with E-state index in [1.807, 2.05) is 0 Å². The SMILES string of the molecule is COc1ccccc1C(=O)NC[C@H](O)COc1ccc2c(c1)OCO2. The van der Waals surface area contributed by atoms with Crippen LogP contribution in [-0.2, 0) is 0 Å². The lowest BCUT2D eigenvalue weighted by atomic mass is 10.2. The van der Waals surface area contributed by atoms with Gasteiger partial charge in [0.05, 0.1) is 12.7 Å². The average molecular weight is 345 g/mol. The molecule has 1 aliphatic heterocycles. The van der Waals surface area contributed by atoms with Crippen LogP contribution in [0.4, 0.5) is 0 Å². The number of aliphatic hydroxyl groups is 1. The van der Waals surface area contributed by atoms with Gasteiger partial charge in [-0.25, -0.2) is 0 Å². The molecule has 0 bridgehead atoms. The largest absolute Gasteiger partial charge is 0.496 e. The second-order valence-electron chi connectivity index (χ2n) is 5.39. The number of para-hydroxylation sites is 1. The van der Waals surface area contributed by atoms with Crippen LogP contribution in [0.3, 0.4) is 0 Å². The summed E-state index contributed by atoms with van der Waals surface area (Å²) >= 11 is 0. The summed E-state index contributed by atoms with van der Waals surface area (Å²) in [6.45, 7) is 0.281. The van der Waals surface area contributed by atoms with E-state index in [2.05, 4.69) is 5.32 Å². The van der Waals surface area contributed by atoms with Gasteiger partial charge in [-0.2, -0.15) is 0 Å². The topological polar surface area (TPSA) is 86.3 Å². The molecule has 1 heterocycles. The van der Waals surface area contributed by atoms with E-state index in [9.17, 15) is 9.90 Å². The Labute approximate surface area is 145 Å². The minimum atomic E-state index is -0.857. The van der Waals surface area contributed by atoms with Crippen molar-refractivity contribution in [1.82, 2.24) is 5.32 Å². The molecule has 7 nitrogen and oxygen atoms in total. The number of amides is 1. The van der Waals surface area contributed by atoms with E-state index in [0.29, 0.717) is 28.6 Å². The fourth-order valence-electron chi connectivity index (χ4n) is 2.36. The molecule has 2 N–H and O–H groups in total. The zero-order valence-electron chi connectivity index (χ0n) is 13.7. The highest BCUT2D eigenvalue weighted by Crippen LogP contribution is 2.35. The summed E-state index contributed by atoms with van der Waals surface area (Å²) in [4.78, 5) is 12.2. The van der Waals surface area contributed by atoms with Crippen LogP contribution in [0.1, 0.15) is 10.4 Å². The Kier molecular flexibility index (Phi) is 5.25. The van der Waals surface area contributed by atoms with Gasteiger partial charge in [-0.3, -0.25) is 4.79 Å². The van der Waals surface area contributed by atoms with E-state index < -0.39 is 6.10 Å². The van der Waals surface area contributed by atoms with Gasteiger partial charge < -0.3 is 29.4 Å². The third-order valence-electron chi connectivity index (χ3n) is 3.64. The molecule has 0 aromatic heterocycles. The first-order chi connectivity index (χ1) is 12.2. The molecule has 0 unspecified atom stereocenters. The highest BCUT2D eigenvalue weighted by molar-refractivity contribution is 5.96. The van der Waals surface area contributed by atoms with Crippen molar-refractivity contribution in [3.63, 3.8) is 0 Å². The number of aliphatic hydroxyl groups excluding tert-OH is 1. The van der Waals surface area contributed by atoms with Crippen LogP contribution in [0, 0.1) is 0 Å². The summed E-state index contributed by atoms with van der Waals surface area (Å²) in [7, 11) is 1.50. The van der Waals surface area contributed by atoms with Gasteiger partial charge in [-0.1, -0.05) is 12.1 Å². The maximum Gasteiger partial charge on any atom is 0.255 e. The number of nitrogens with one attached hydrogen (secondary N) is 1. The highest BCUT2D eigenvalue weighted by Gasteiger charge is 2.16. The zero-order valence-corrected chi connectivity index (χ0v) is 13.7. The van der Waals surface area contributed by atoms with E-state index in [-0.39, 0.29) is 25.9 Å². The van der Waals surface area contributed by atoms with Crippen LogP contribution in [0.2, 0.25) is 0 Å². The first-order valence-corrected chi connectivity index (χ1v) is 7.79. The molecule has 1 atom stereocenters. The predicted octanol–water partition coefficient (Wildman–Crippen LogP) is 1.59. The molecule has 3 rings (SSSR count). The minimum absolute atomic E-state index is 0.0336. The molecular formula is C18H19NO6. The van der Waals surface area contributed by atoms with Gasteiger partial charge in [0.1, 0.15) is 24.2 Å². The average Bonchev–Trinajstić information content (AvgIpc) is 3.12. The van der Waals surface area contributed by atoms with Crippen LogP contribution in [0.5, 0.6) is 23.0 Å². The maximum atomic E-state index is 12.2. The fourth-order valence-corrected chi connectivity index (χ4v) is 2.36. The molecule has 2 aromatic rings.